The number of H-pyrrole nitrogens is 1. The Bertz CT molecular complexity index is 1300. The molecule has 1 aliphatic rings. The van der Waals surface area contributed by atoms with Gasteiger partial charge in [0.15, 0.2) is 23.0 Å². The van der Waals surface area contributed by atoms with E-state index in [4.69, 9.17) is 18.7 Å². The molecule has 0 radical (unpaired) electrons. The third kappa shape index (κ3) is 3.34. The van der Waals surface area contributed by atoms with Gasteiger partial charge in [-0.3, -0.25) is 5.10 Å². The molecule has 0 aliphatic heterocycles. The molecule has 1 aliphatic carbocycles. The number of rotatable bonds is 6. The summed E-state index contributed by atoms with van der Waals surface area (Å²) in [6, 6.07) is 14.3. The first-order valence-corrected chi connectivity index (χ1v) is 10.5. The van der Waals surface area contributed by atoms with Crippen molar-refractivity contribution >= 4 is 6.08 Å². The van der Waals surface area contributed by atoms with Crippen molar-refractivity contribution in [3.63, 3.8) is 0 Å². The molecule has 2 aromatic carbocycles. The second-order valence-electron chi connectivity index (χ2n) is 7.87. The van der Waals surface area contributed by atoms with Crippen LogP contribution in [0.1, 0.15) is 28.2 Å². The van der Waals surface area contributed by atoms with E-state index in [1.54, 1.807) is 28.3 Å². The lowest BCUT2D eigenvalue weighted by atomic mass is 9.68. The molecule has 0 bridgehead atoms. The maximum Gasteiger partial charge on any atom is 0.279 e. The molecule has 0 fully saturated rings. The van der Waals surface area contributed by atoms with Crippen LogP contribution in [0.5, 0.6) is 17.2 Å². The van der Waals surface area contributed by atoms with E-state index in [2.05, 4.69) is 44.6 Å². The number of nitrogens with one attached hydrogen (secondary N) is 1. The fourth-order valence-corrected chi connectivity index (χ4v) is 4.46. The topological polar surface area (TPSA) is 95.3 Å². The number of aryl methyl sites for hydroxylation is 1. The average Bonchev–Trinajstić information content (AvgIpc) is 3.48. The second kappa shape index (κ2) is 8.12. The minimum Gasteiger partial charge on any atom is -0.493 e. The van der Waals surface area contributed by atoms with Crippen molar-refractivity contribution in [2.75, 3.05) is 21.3 Å². The number of ether oxygens (including phenoxy) is 3. The monoisotopic (exact) mass is 444 g/mol. The largest absolute Gasteiger partial charge is 0.493 e. The Morgan fingerprint density at radius 3 is 2.30 bits per heavy atom. The molecule has 33 heavy (non-hydrogen) atoms. The third-order valence-corrected chi connectivity index (χ3v) is 6.07. The second-order valence-corrected chi connectivity index (χ2v) is 7.87. The van der Waals surface area contributed by atoms with Gasteiger partial charge in [0.05, 0.1) is 21.3 Å². The van der Waals surface area contributed by atoms with Gasteiger partial charge in [0.1, 0.15) is 0 Å². The lowest BCUT2D eigenvalue weighted by Crippen LogP contribution is -2.30. The molecule has 0 amide bonds. The number of fused-ring (bicyclic) bond motifs is 1. The lowest BCUT2D eigenvalue weighted by molar-refractivity contribution is 0.323. The lowest BCUT2D eigenvalue weighted by Gasteiger charge is -2.35. The van der Waals surface area contributed by atoms with E-state index in [9.17, 15) is 0 Å². The number of hydrogen-bond acceptors (Lipinski definition) is 7. The van der Waals surface area contributed by atoms with Gasteiger partial charge < -0.3 is 18.7 Å². The van der Waals surface area contributed by atoms with Crippen molar-refractivity contribution in [1.82, 2.24) is 20.3 Å². The van der Waals surface area contributed by atoms with Crippen LogP contribution < -0.4 is 14.2 Å². The highest BCUT2D eigenvalue weighted by atomic mass is 16.5. The van der Waals surface area contributed by atoms with Gasteiger partial charge in [0.25, 0.3) is 5.89 Å². The number of aromatic nitrogens is 4. The number of benzene rings is 2. The number of nitrogens with zero attached hydrogens (tertiary/aromatic N) is 3. The van der Waals surface area contributed by atoms with Crippen LogP contribution in [-0.2, 0) is 11.8 Å². The molecule has 4 aromatic rings. The first-order chi connectivity index (χ1) is 16.1. The summed E-state index contributed by atoms with van der Waals surface area (Å²) < 4.78 is 22.2. The van der Waals surface area contributed by atoms with Gasteiger partial charge in [-0.1, -0.05) is 47.6 Å². The van der Waals surface area contributed by atoms with Crippen molar-refractivity contribution in [1.29, 1.82) is 0 Å². The molecule has 0 saturated carbocycles. The molecule has 2 heterocycles. The van der Waals surface area contributed by atoms with Gasteiger partial charge in [-0.15, -0.1) is 0 Å². The molecule has 1 atom stereocenters. The van der Waals surface area contributed by atoms with Crippen LogP contribution in [0, 0.1) is 6.92 Å². The standard InChI is InChI=1S/C25H24N4O4/c1-15-26-24(33-29-15)22-18-10-11-25(14-19(18)27-28-22,16-8-6-5-7-9-16)17-12-20(30-2)23(32-4)21(13-17)31-3/h5-13H,14H2,1-4H3,(H,27,28). The van der Waals surface area contributed by atoms with Crippen molar-refractivity contribution in [3.05, 3.63) is 76.7 Å². The zero-order valence-corrected chi connectivity index (χ0v) is 18.9. The minimum absolute atomic E-state index is 0.398. The fourth-order valence-electron chi connectivity index (χ4n) is 4.46. The average molecular weight is 444 g/mol. The van der Waals surface area contributed by atoms with Crippen molar-refractivity contribution in [2.45, 2.75) is 18.8 Å². The number of hydrogen-bond donors (Lipinski definition) is 1. The highest BCUT2D eigenvalue weighted by Gasteiger charge is 2.38. The molecule has 1 N–H and O–H groups in total. The summed E-state index contributed by atoms with van der Waals surface area (Å²) in [5.41, 5.74) is 4.21. The molecule has 1 unspecified atom stereocenters. The first-order valence-electron chi connectivity index (χ1n) is 10.5. The van der Waals surface area contributed by atoms with E-state index >= 15 is 0 Å². The highest BCUT2D eigenvalue weighted by Crippen LogP contribution is 2.47. The van der Waals surface area contributed by atoms with E-state index in [0.29, 0.717) is 41.1 Å². The maximum absolute atomic E-state index is 5.65. The summed E-state index contributed by atoms with van der Waals surface area (Å²) >= 11 is 0. The summed E-state index contributed by atoms with van der Waals surface area (Å²) in [6.45, 7) is 1.78. The molecule has 0 spiro atoms. The maximum atomic E-state index is 5.65. The molecule has 0 saturated heterocycles. The fraction of sp³-hybridized carbons (Fsp3) is 0.240. The van der Waals surface area contributed by atoms with Gasteiger partial charge in [-0.05, 0) is 30.2 Å². The number of allylic oxidation sites excluding steroid dienone is 1. The Morgan fingerprint density at radius 2 is 1.70 bits per heavy atom. The van der Waals surface area contributed by atoms with Gasteiger partial charge in [0, 0.05) is 23.1 Å². The van der Waals surface area contributed by atoms with Crippen LogP contribution in [0.15, 0.2) is 53.1 Å². The quantitative estimate of drug-likeness (QED) is 0.472. The van der Waals surface area contributed by atoms with Crippen LogP contribution in [0.3, 0.4) is 0 Å². The molecular weight excluding hydrogens is 420 g/mol. The van der Waals surface area contributed by atoms with E-state index in [1.165, 1.54) is 0 Å². The Labute approximate surface area is 191 Å². The van der Waals surface area contributed by atoms with Crippen LogP contribution >= 0.6 is 0 Å². The summed E-state index contributed by atoms with van der Waals surface area (Å²) in [4.78, 5) is 4.34. The van der Waals surface area contributed by atoms with E-state index in [0.717, 1.165) is 22.4 Å². The Morgan fingerprint density at radius 1 is 0.970 bits per heavy atom. The first kappa shape index (κ1) is 20.8. The number of aromatic amines is 1. The SMILES string of the molecule is COc1cc(C2(c3ccccc3)C=Cc3c(-c4nc(C)no4)n[nH]c3C2)cc(OC)c1OC. The van der Waals surface area contributed by atoms with Crippen LogP contribution in [0.4, 0.5) is 0 Å². The third-order valence-electron chi connectivity index (χ3n) is 6.07. The van der Waals surface area contributed by atoms with E-state index in [-0.39, 0.29) is 0 Å². The van der Waals surface area contributed by atoms with Crippen molar-refractivity contribution in [3.8, 4) is 28.8 Å². The zero-order valence-electron chi connectivity index (χ0n) is 18.9. The van der Waals surface area contributed by atoms with Crippen LogP contribution in [0.25, 0.3) is 17.7 Å². The normalized spacial score (nSPS) is 17.0. The summed E-state index contributed by atoms with van der Waals surface area (Å²) in [6.07, 6.45) is 4.89. The molecule has 168 valence electrons. The Balaban J connectivity index is 1.69. The van der Waals surface area contributed by atoms with Gasteiger partial charge in [-0.25, -0.2) is 0 Å². The van der Waals surface area contributed by atoms with E-state index in [1.807, 2.05) is 30.3 Å². The van der Waals surface area contributed by atoms with Crippen LogP contribution in [0.2, 0.25) is 0 Å². The van der Waals surface area contributed by atoms with Gasteiger partial charge >= 0.3 is 0 Å². The molecule has 5 rings (SSSR count). The summed E-state index contributed by atoms with van der Waals surface area (Å²) in [5.74, 6) is 2.73. The highest BCUT2D eigenvalue weighted by molar-refractivity contribution is 5.73. The smallest absolute Gasteiger partial charge is 0.279 e. The van der Waals surface area contributed by atoms with Gasteiger partial charge in [0.2, 0.25) is 5.75 Å². The Kier molecular flexibility index (Phi) is 5.12. The predicted octanol–water partition coefficient (Wildman–Crippen LogP) is 4.35. The Hall–Kier alpha value is -4.07. The number of methoxy groups -OCH3 is 3. The molecule has 8 heteroatoms. The van der Waals surface area contributed by atoms with Crippen molar-refractivity contribution < 1.29 is 18.7 Å². The zero-order chi connectivity index (χ0) is 23.0. The van der Waals surface area contributed by atoms with Gasteiger partial charge in [-0.2, -0.15) is 10.1 Å². The van der Waals surface area contributed by atoms with Crippen molar-refractivity contribution in [2.24, 2.45) is 0 Å². The van der Waals surface area contributed by atoms with Crippen LogP contribution in [-0.4, -0.2) is 41.7 Å². The molecule has 2 aromatic heterocycles. The minimum atomic E-state index is -0.490. The van der Waals surface area contributed by atoms with E-state index < -0.39 is 5.41 Å². The molecular formula is C25H24N4O4. The summed E-state index contributed by atoms with van der Waals surface area (Å²) in [7, 11) is 4.85. The predicted molar refractivity (Wildman–Crippen MR) is 123 cm³/mol. The summed E-state index contributed by atoms with van der Waals surface area (Å²) in [5, 5.41) is 11.6. The molecule has 8 nitrogen and oxygen atoms in total.